The van der Waals surface area contributed by atoms with Gasteiger partial charge in [0, 0.05) is 6.04 Å². The second-order valence-electron chi connectivity index (χ2n) is 4.11. The van der Waals surface area contributed by atoms with Gasteiger partial charge in [-0.05, 0) is 30.0 Å². The van der Waals surface area contributed by atoms with Crippen LogP contribution in [0.1, 0.15) is 29.4 Å². The summed E-state index contributed by atoms with van der Waals surface area (Å²) in [5.41, 5.74) is 1.88. The molecule has 0 saturated carbocycles. The van der Waals surface area contributed by atoms with Gasteiger partial charge in [0.25, 0.3) is 0 Å². The van der Waals surface area contributed by atoms with Gasteiger partial charge in [-0.1, -0.05) is 17.3 Å². The molecule has 3 rings (SSSR count). The first-order chi connectivity index (χ1) is 8.34. The highest BCUT2D eigenvalue weighted by molar-refractivity contribution is 5.35. The molecule has 1 aromatic carbocycles. The van der Waals surface area contributed by atoms with Gasteiger partial charge in [-0.2, -0.15) is 5.21 Å². The number of H-pyrrole nitrogens is 1. The van der Waals surface area contributed by atoms with Crippen LogP contribution < -0.4 is 5.32 Å². The van der Waals surface area contributed by atoms with Gasteiger partial charge < -0.3 is 5.32 Å². The Balaban J connectivity index is 1.73. The number of hydrogen-bond acceptors (Lipinski definition) is 4. The molecule has 0 amide bonds. The van der Waals surface area contributed by atoms with Gasteiger partial charge in [0.1, 0.15) is 5.82 Å². The molecule has 1 atom stereocenters. The summed E-state index contributed by atoms with van der Waals surface area (Å²) in [5, 5.41) is 16.9. The molecule has 88 valence electrons. The molecule has 0 aliphatic heterocycles. The average molecular weight is 233 g/mol. The summed E-state index contributed by atoms with van der Waals surface area (Å²) in [6.07, 6.45) is 1.69. The van der Waals surface area contributed by atoms with Crippen LogP contribution in [0.25, 0.3) is 0 Å². The molecule has 0 radical (unpaired) electrons. The molecule has 5 nitrogen and oxygen atoms in total. The maximum Gasteiger partial charge on any atom is 0.188 e. The Morgan fingerprint density at radius 3 is 3.24 bits per heavy atom. The van der Waals surface area contributed by atoms with E-state index in [9.17, 15) is 4.39 Å². The summed E-state index contributed by atoms with van der Waals surface area (Å²) in [6.45, 7) is 0.539. The smallest absolute Gasteiger partial charge is 0.188 e. The largest absolute Gasteiger partial charge is 0.303 e. The minimum absolute atomic E-state index is 0.105. The molecule has 17 heavy (non-hydrogen) atoms. The van der Waals surface area contributed by atoms with Crippen molar-refractivity contribution in [2.45, 2.75) is 25.4 Å². The molecule has 1 aliphatic rings. The molecule has 1 unspecified atom stereocenters. The number of halogens is 1. The Morgan fingerprint density at radius 2 is 2.41 bits per heavy atom. The number of hydrogen-bond donors (Lipinski definition) is 2. The standard InChI is InChI=1S/C11H12FN5/c12-9-3-1-2-8-7(9)4-5-10(8)13-6-11-14-16-17-15-11/h1-3,10,13H,4-6H2,(H,14,15,16,17). The lowest BCUT2D eigenvalue weighted by Crippen LogP contribution is -2.19. The number of aromatic amines is 1. The number of nitrogens with one attached hydrogen (secondary N) is 2. The van der Waals surface area contributed by atoms with E-state index in [0.29, 0.717) is 12.4 Å². The van der Waals surface area contributed by atoms with Crippen molar-refractivity contribution in [1.82, 2.24) is 25.9 Å². The number of rotatable bonds is 3. The van der Waals surface area contributed by atoms with E-state index in [1.54, 1.807) is 6.07 Å². The van der Waals surface area contributed by atoms with Gasteiger partial charge in [0.2, 0.25) is 0 Å². The van der Waals surface area contributed by atoms with Crippen LogP contribution >= 0.6 is 0 Å². The topological polar surface area (TPSA) is 66.5 Å². The van der Waals surface area contributed by atoms with E-state index in [1.807, 2.05) is 6.07 Å². The van der Waals surface area contributed by atoms with E-state index in [4.69, 9.17) is 0 Å². The molecule has 2 N–H and O–H groups in total. The fourth-order valence-electron chi connectivity index (χ4n) is 2.29. The maximum atomic E-state index is 13.5. The highest BCUT2D eigenvalue weighted by Gasteiger charge is 2.24. The first-order valence-electron chi connectivity index (χ1n) is 5.57. The first kappa shape index (κ1) is 10.3. The Hall–Kier alpha value is -1.82. The number of nitrogens with zero attached hydrogens (tertiary/aromatic N) is 3. The third-order valence-corrected chi connectivity index (χ3v) is 3.11. The predicted octanol–water partition coefficient (Wildman–Crippen LogP) is 1.12. The van der Waals surface area contributed by atoms with Gasteiger partial charge in [0.15, 0.2) is 5.82 Å². The SMILES string of the molecule is Fc1cccc2c1CCC2NCc1nn[nH]n1. The van der Waals surface area contributed by atoms with E-state index in [-0.39, 0.29) is 11.9 Å². The van der Waals surface area contributed by atoms with Crippen molar-refractivity contribution in [2.75, 3.05) is 0 Å². The van der Waals surface area contributed by atoms with Crippen molar-refractivity contribution in [1.29, 1.82) is 0 Å². The van der Waals surface area contributed by atoms with Crippen molar-refractivity contribution in [3.8, 4) is 0 Å². The molecule has 1 aromatic heterocycles. The number of benzene rings is 1. The molecule has 0 spiro atoms. The Bertz CT molecular complexity index is 511. The van der Waals surface area contributed by atoms with E-state index < -0.39 is 0 Å². The van der Waals surface area contributed by atoms with Crippen LogP contribution in [0.5, 0.6) is 0 Å². The molecule has 6 heteroatoms. The zero-order valence-corrected chi connectivity index (χ0v) is 9.15. The summed E-state index contributed by atoms with van der Waals surface area (Å²) in [7, 11) is 0. The van der Waals surface area contributed by atoms with Crippen molar-refractivity contribution in [3.05, 3.63) is 41.0 Å². The highest BCUT2D eigenvalue weighted by Crippen LogP contribution is 2.32. The van der Waals surface area contributed by atoms with Gasteiger partial charge >= 0.3 is 0 Å². The zero-order chi connectivity index (χ0) is 11.7. The van der Waals surface area contributed by atoms with Crippen LogP contribution in [-0.2, 0) is 13.0 Å². The summed E-state index contributed by atoms with van der Waals surface area (Å²) in [4.78, 5) is 0. The lowest BCUT2D eigenvalue weighted by atomic mass is 10.1. The van der Waals surface area contributed by atoms with Crippen LogP contribution in [-0.4, -0.2) is 20.6 Å². The fraction of sp³-hybridized carbons (Fsp3) is 0.364. The molecule has 0 fully saturated rings. The fourth-order valence-corrected chi connectivity index (χ4v) is 2.29. The lowest BCUT2D eigenvalue weighted by molar-refractivity contribution is 0.519. The van der Waals surface area contributed by atoms with Gasteiger partial charge in [-0.25, -0.2) is 4.39 Å². The third-order valence-electron chi connectivity index (χ3n) is 3.11. The highest BCUT2D eigenvalue weighted by atomic mass is 19.1. The Labute approximate surface area is 97.4 Å². The maximum absolute atomic E-state index is 13.5. The van der Waals surface area contributed by atoms with Crippen molar-refractivity contribution in [3.63, 3.8) is 0 Å². The second-order valence-corrected chi connectivity index (χ2v) is 4.11. The van der Waals surface area contributed by atoms with Crippen LogP contribution in [0.4, 0.5) is 4.39 Å². The minimum Gasteiger partial charge on any atom is -0.303 e. The van der Waals surface area contributed by atoms with E-state index >= 15 is 0 Å². The lowest BCUT2D eigenvalue weighted by Gasteiger charge is -2.12. The normalized spacial score (nSPS) is 18.3. The molecular weight excluding hydrogens is 221 g/mol. The molecular formula is C11H12FN5. The van der Waals surface area contributed by atoms with Crippen molar-refractivity contribution in [2.24, 2.45) is 0 Å². The van der Waals surface area contributed by atoms with Crippen LogP contribution in [0.2, 0.25) is 0 Å². The van der Waals surface area contributed by atoms with Gasteiger partial charge in [-0.3, -0.25) is 0 Å². The van der Waals surface area contributed by atoms with Crippen molar-refractivity contribution >= 4 is 0 Å². The third kappa shape index (κ3) is 1.91. The van der Waals surface area contributed by atoms with Crippen LogP contribution in [0.3, 0.4) is 0 Å². The van der Waals surface area contributed by atoms with Gasteiger partial charge in [0.05, 0.1) is 6.54 Å². The molecule has 0 bridgehead atoms. The van der Waals surface area contributed by atoms with E-state index in [0.717, 1.165) is 24.0 Å². The summed E-state index contributed by atoms with van der Waals surface area (Å²) < 4.78 is 13.5. The Kier molecular flexibility index (Phi) is 2.56. The zero-order valence-electron chi connectivity index (χ0n) is 9.15. The summed E-state index contributed by atoms with van der Waals surface area (Å²) in [6, 6.07) is 5.42. The quantitative estimate of drug-likeness (QED) is 0.833. The van der Waals surface area contributed by atoms with Crippen LogP contribution in [0.15, 0.2) is 18.2 Å². The summed E-state index contributed by atoms with van der Waals surface area (Å²) >= 11 is 0. The monoisotopic (exact) mass is 233 g/mol. The van der Waals surface area contributed by atoms with E-state index in [1.165, 1.54) is 6.07 Å². The number of fused-ring (bicyclic) bond motifs is 1. The molecule has 1 heterocycles. The average Bonchev–Trinajstić information content (AvgIpc) is 2.95. The number of tetrazole rings is 1. The Morgan fingerprint density at radius 1 is 1.47 bits per heavy atom. The van der Waals surface area contributed by atoms with Gasteiger partial charge in [-0.15, -0.1) is 10.2 Å². The van der Waals surface area contributed by atoms with Crippen LogP contribution in [0, 0.1) is 5.82 Å². The molecule has 1 aliphatic carbocycles. The first-order valence-corrected chi connectivity index (χ1v) is 5.57. The summed E-state index contributed by atoms with van der Waals surface area (Å²) in [5.74, 6) is 0.515. The second kappa shape index (κ2) is 4.21. The predicted molar refractivity (Wildman–Crippen MR) is 58.5 cm³/mol. The minimum atomic E-state index is -0.105. The van der Waals surface area contributed by atoms with E-state index in [2.05, 4.69) is 25.9 Å². The van der Waals surface area contributed by atoms with Crippen molar-refractivity contribution < 1.29 is 4.39 Å². The molecule has 0 saturated heterocycles. The number of aromatic nitrogens is 4. The molecule has 2 aromatic rings.